The van der Waals surface area contributed by atoms with E-state index in [9.17, 15) is 9.90 Å². The number of likely N-dealkylation sites (N-methyl/N-ethyl adjacent to an activating group) is 1. The molecule has 0 aromatic carbocycles. The lowest BCUT2D eigenvalue weighted by Gasteiger charge is -2.59. The van der Waals surface area contributed by atoms with Crippen molar-refractivity contribution >= 4 is 5.97 Å². The van der Waals surface area contributed by atoms with Crippen LogP contribution in [0.1, 0.15) is 119 Å². The smallest absolute Gasteiger partial charge is 0.323 e. The lowest BCUT2D eigenvalue weighted by atomic mass is 9.46. The van der Waals surface area contributed by atoms with Gasteiger partial charge in [0.25, 0.3) is 0 Å². The number of ether oxygens (including phenoxy) is 3. The maximum Gasteiger partial charge on any atom is 0.323 e. The van der Waals surface area contributed by atoms with Gasteiger partial charge in [-0.15, -0.1) is 0 Å². The molecular formula is C36H59NO5. The Kier molecular flexibility index (Phi) is 7.07. The normalized spacial score (nSPS) is 50.1. The van der Waals surface area contributed by atoms with Crippen molar-refractivity contribution in [2.45, 2.75) is 155 Å². The molecule has 238 valence electrons. The summed E-state index contributed by atoms with van der Waals surface area (Å²) in [7, 11) is 2.07. The van der Waals surface area contributed by atoms with Crippen molar-refractivity contribution < 1.29 is 24.1 Å². The van der Waals surface area contributed by atoms with E-state index in [4.69, 9.17) is 14.2 Å². The van der Waals surface area contributed by atoms with Gasteiger partial charge in [-0.05, 0) is 151 Å². The van der Waals surface area contributed by atoms with Crippen molar-refractivity contribution in [2.75, 3.05) is 20.2 Å². The second-order valence-electron chi connectivity index (χ2n) is 17.4. The molecule has 6 heteroatoms. The molecule has 0 aromatic rings. The van der Waals surface area contributed by atoms with E-state index in [1.807, 2.05) is 20.8 Å². The van der Waals surface area contributed by atoms with Crippen LogP contribution < -0.4 is 0 Å². The first kappa shape index (κ1) is 30.0. The molecule has 2 heterocycles. The Labute approximate surface area is 255 Å². The number of carbonyl (C=O) groups is 1. The second kappa shape index (κ2) is 9.90. The number of fused-ring (bicyclic) bond motifs is 4. The Morgan fingerprint density at radius 3 is 2.45 bits per heavy atom. The van der Waals surface area contributed by atoms with E-state index in [0.717, 1.165) is 44.1 Å². The minimum absolute atomic E-state index is 0.0188. The Morgan fingerprint density at radius 2 is 1.76 bits per heavy atom. The van der Waals surface area contributed by atoms with Gasteiger partial charge in [0.2, 0.25) is 0 Å². The Morgan fingerprint density at radius 1 is 1.00 bits per heavy atom. The number of nitrogens with zero attached hydrogens (tertiary/aromatic N) is 1. The van der Waals surface area contributed by atoms with Crippen LogP contribution in [0.4, 0.5) is 0 Å². The zero-order valence-electron chi connectivity index (χ0n) is 27.6. The number of carbonyl (C=O) groups excluding carboxylic acids is 1. The fourth-order valence-corrected chi connectivity index (χ4v) is 13.1. The molecule has 7 rings (SSSR count). The first-order valence-corrected chi connectivity index (χ1v) is 17.7. The fourth-order valence-electron chi connectivity index (χ4n) is 13.1. The van der Waals surface area contributed by atoms with E-state index in [-0.39, 0.29) is 35.7 Å². The monoisotopic (exact) mass is 585 g/mol. The fraction of sp³-hybridized carbons (Fsp3) is 0.972. The first-order chi connectivity index (χ1) is 19.8. The van der Waals surface area contributed by atoms with Crippen LogP contribution in [0.15, 0.2) is 0 Å². The van der Waals surface area contributed by atoms with Gasteiger partial charge in [-0.1, -0.05) is 20.8 Å². The number of likely N-dealkylation sites (tertiary alicyclic amines) is 1. The number of hydrogen-bond acceptors (Lipinski definition) is 6. The highest BCUT2D eigenvalue weighted by Crippen LogP contribution is 2.87. The number of hydrogen-bond donors (Lipinski definition) is 1. The van der Waals surface area contributed by atoms with E-state index in [0.29, 0.717) is 40.8 Å². The largest absolute Gasteiger partial charge is 0.461 e. The molecule has 0 aromatic heterocycles. The zero-order valence-corrected chi connectivity index (χ0v) is 27.6. The molecule has 11 unspecified atom stereocenters. The third-order valence-electron chi connectivity index (χ3n) is 15.0. The molecule has 42 heavy (non-hydrogen) atoms. The molecule has 0 bridgehead atoms. The van der Waals surface area contributed by atoms with E-state index in [1.165, 1.54) is 51.4 Å². The highest BCUT2D eigenvalue weighted by atomic mass is 16.6. The van der Waals surface area contributed by atoms with Gasteiger partial charge in [0, 0.05) is 12.0 Å². The molecule has 2 saturated heterocycles. The summed E-state index contributed by atoms with van der Waals surface area (Å²) in [6.07, 6.45) is 14.5. The van der Waals surface area contributed by atoms with E-state index in [2.05, 4.69) is 32.7 Å². The van der Waals surface area contributed by atoms with Gasteiger partial charge in [-0.2, -0.15) is 0 Å². The number of aliphatic hydroxyl groups is 1. The van der Waals surface area contributed by atoms with Gasteiger partial charge in [0.05, 0.1) is 17.8 Å². The lowest BCUT2D eigenvalue weighted by Crippen LogP contribution is -2.55. The van der Waals surface area contributed by atoms with Gasteiger partial charge >= 0.3 is 5.97 Å². The van der Waals surface area contributed by atoms with Crippen LogP contribution in [-0.4, -0.2) is 72.2 Å². The number of esters is 1. The van der Waals surface area contributed by atoms with Crippen LogP contribution in [-0.2, 0) is 19.0 Å². The average molecular weight is 586 g/mol. The highest BCUT2D eigenvalue weighted by molar-refractivity contribution is 5.76. The molecule has 0 amide bonds. The number of rotatable bonds is 6. The predicted octanol–water partition coefficient (Wildman–Crippen LogP) is 6.37. The predicted molar refractivity (Wildman–Crippen MR) is 163 cm³/mol. The molecule has 1 N–H and O–H groups in total. The van der Waals surface area contributed by atoms with Crippen LogP contribution >= 0.6 is 0 Å². The van der Waals surface area contributed by atoms with Crippen LogP contribution in [0.2, 0.25) is 0 Å². The quantitative estimate of drug-likeness (QED) is 0.365. The highest BCUT2D eigenvalue weighted by Gasteiger charge is 2.81. The van der Waals surface area contributed by atoms with Gasteiger partial charge in [0.1, 0.15) is 18.2 Å². The maximum absolute atomic E-state index is 13.2. The molecule has 7 fully saturated rings. The standard InChI is InChI=1S/C36H59NO5/c1-8-40-30(33(4,5)39)26-13-11-23-27(41-26)20-24-22-12-14-28-32(2,3)29(42-31(38)25-10-9-19-37(25)7)15-16-36(28)21-35(22,36)18-17-34(23,24)6/h22-30,39H,8-21H2,1-7H3/t22?,23?,24?,25-,26?,27?,28?,29?,30?,34?,35?,36?/m1/s1. The Bertz CT molecular complexity index is 1070. The summed E-state index contributed by atoms with van der Waals surface area (Å²) in [6.45, 7) is 14.9. The van der Waals surface area contributed by atoms with Gasteiger partial charge < -0.3 is 19.3 Å². The van der Waals surface area contributed by atoms with Crippen LogP contribution in [0.25, 0.3) is 0 Å². The molecule has 12 atom stereocenters. The molecule has 2 aliphatic heterocycles. The van der Waals surface area contributed by atoms with E-state index >= 15 is 0 Å². The third-order valence-corrected chi connectivity index (χ3v) is 15.0. The van der Waals surface area contributed by atoms with Crippen molar-refractivity contribution in [1.29, 1.82) is 0 Å². The third kappa shape index (κ3) is 4.12. The van der Waals surface area contributed by atoms with Crippen LogP contribution in [0, 0.1) is 45.3 Å². The summed E-state index contributed by atoms with van der Waals surface area (Å²) in [5, 5.41) is 10.9. The van der Waals surface area contributed by atoms with Gasteiger partial charge in [0.15, 0.2) is 0 Å². The van der Waals surface area contributed by atoms with Crippen molar-refractivity contribution in [3.8, 4) is 0 Å². The van der Waals surface area contributed by atoms with Gasteiger partial charge in [-0.25, -0.2) is 0 Å². The molecule has 7 aliphatic rings. The Hall–Kier alpha value is -0.690. The van der Waals surface area contributed by atoms with Crippen LogP contribution in [0.5, 0.6) is 0 Å². The summed E-state index contributed by atoms with van der Waals surface area (Å²) in [5.74, 6) is 2.86. The summed E-state index contributed by atoms with van der Waals surface area (Å²) >= 11 is 0. The van der Waals surface area contributed by atoms with Crippen molar-refractivity contribution in [2.24, 2.45) is 45.3 Å². The maximum atomic E-state index is 13.2. The van der Waals surface area contributed by atoms with E-state index < -0.39 is 5.60 Å². The molecule has 2 spiro atoms. The molecule has 5 aliphatic carbocycles. The Balaban J connectivity index is 1.08. The summed E-state index contributed by atoms with van der Waals surface area (Å²) < 4.78 is 19.4. The topological polar surface area (TPSA) is 68.2 Å². The minimum Gasteiger partial charge on any atom is -0.461 e. The van der Waals surface area contributed by atoms with E-state index in [1.54, 1.807) is 0 Å². The molecule has 5 saturated carbocycles. The summed E-state index contributed by atoms with van der Waals surface area (Å²) in [4.78, 5) is 15.4. The first-order valence-electron chi connectivity index (χ1n) is 17.7. The second-order valence-corrected chi connectivity index (χ2v) is 17.4. The summed E-state index contributed by atoms with van der Waals surface area (Å²) in [5.41, 5.74) is 0.440. The van der Waals surface area contributed by atoms with Crippen molar-refractivity contribution in [3.05, 3.63) is 0 Å². The average Bonchev–Trinajstić information content (AvgIpc) is 3.21. The van der Waals surface area contributed by atoms with Crippen molar-refractivity contribution in [3.63, 3.8) is 0 Å². The SMILES string of the molecule is CCOC(C1CCC2C(CC3C4CCC5C(C)(C)C(OC(=O)[C@H]6CCCN6C)CCC56CC46CCC23C)O1)C(C)(C)O. The molecule has 6 nitrogen and oxygen atoms in total. The molecular weight excluding hydrogens is 526 g/mol. The summed E-state index contributed by atoms with van der Waals surface area (Å²) in [6, 6.07) is -0.0457. The van der Waals surface area contributed by atoms with Crippen LogP contribution in [0.3, 0.4) is 0 Å². The van der Waals surface area contributed by atoms with Crippen molar-refractivity contribution in [1.82, 2.24) is 4.90 Å². The lowest BCUT2D eigenvalue weighted by molar-refractivity contribution is -0.193. The zero-order chi connectivity index (χ0) is 29.9. The molecule has 0 radical (unpaired) electrons. The minimum atomic E-state index is -0.904. The van der Waals surface area contributed by atoms with Gasteiger partial charge in [-0.3, -0.25) is 9.69 Å².